The highest BCUT2D eigenvalue weighted by atomic mass is 16.3. The Kier molecular flexibility index (Phi) is 4.83. The van der Waals surface area contributed by atoms with Crippen LogP contribution in [0.15, 0.2) is 0 Å². The van der Waals surface area contributed by atoms with Crippen LogP contribution in [-0.4, -0.2) is 48.3 Å². The second-order valence-corrected chi connectivity index (χ2v) is 6.13. The minimum Gasteiger partial charge on any atom is -0.396 e. The molecule has 0 aromatic heterocycles. The van der Waals surface area contributed by atoms with E-state index in [0.29, 0.717) is 18.0 Å². The van der Waals surface area contributed by atoms with E-state index in [-0.39, 0.29) is 6.61 Å². The summed E-state index contributed by atoms with van der Waals surface area (Å²) in [4.78, 5) is 2.63. The van der Waals surface area contributed by atoms with Crippen LogP contribution in [0.1, 0.15) is 39.5 Å². The summed E-state index contributed by atoms with van der Waals surface area (Å²) in [5.41, 5.74) is 0. The molecular weight excluding hydrogens is 212 g/mol. The Morgan fingerprint density at radius 3 is 2.35 bits per heavy atom. The highest BCUT2D eigenvalue weighted by Crippen LogP contribution is 2.30. The summed E-state index contributed by atoms with van der Waals surface area (Å²) >= 11 is 0. The highest BCUT2D eigenvalue weighted by molar-refractivity contribution is 4.84. The topological polar surface area (TPSA) is 35.5 Å². The Morgan fingerprint density at radius 2 is 1.82 bits per heavy atom. The Bertz CT molecular complexity index is 222. The van der Waals surface area contributed by atoms with Crippen LogP contribution < -0.4 is 5.32 Å². The first-order valence-corrected chi connectivity index (χ1v) is 7.28. The van der Waals surface area contributed by atoms with Crippen LogP contribution in [0.4, 0.5) is 0 Å². The van der Waals surface area contributed by atoms with Gasteiger partial charge in [-0.05, 0) is 57.5 Å². The number of piperidine rings is 1. The van der Waals surface area contributed by atoms with Crippen LogP contribution in [0.25, 0.3) is 0 Å². The maximum atomic E-state index is 9.13. The fourth-order valence-electron chi connectivity index (χ4n) is 2.64. The monoisotopic (exact) mass is 240 g/mol. The minimum atomic E-state index is 0.286. The molecule has 2 fully saturated rings. The molecule has 0 radical (unpaired) electrons. The van der Waals surface area contributed by atoms with Crippen molar-refractivity contribution in [2.45, 2.75) is 51.6 Å². The molecule has 1 aliphatic carbocycles. The average molecular weight is 240 g/mol. The van der Waals surface area contributed by atoms with Crippen LogP contribution in [-0.2, 0) is 0 Å². The molecule has 1 saturated heterocycles. The van der Waals surface area contributed by atoms with E-state index in [1.54, 1.807) is 0 Å². The smallest absolute Gasteiger partial charge is 0.0471 e. The van der Waals surface area contributed by atoms with Gasteiger partial charge in [0, 0.05) is 25.2 Å². The molecule has 2 N–H and O–H groups in total. The van der Waals surface area contributed by atoms with Gasteiger partial charge in [0.05, 0.1) is 0 Å². The summed E-state index contributed by atoms with van der Waals surface area (Å²) in [5.74, 6) is 1.38. The molecule has 0 aromatic rings. The van der Waals surface area contributed by atoms with Crippen LogP contribution in [0.3, 0.4) is 0 Å². The molecule has 3 nitrogen and oxygen atoms in total. The Balaban J connectivity index is 1.64. The molecular formula is C14H28N2O. The number of nitrogens with zero attached hydrogens (tertiary/aromatic N) is 1. The predicted molar refractivity (Wildman–Crippen MR) is 71.0 cm³/mol. The summed E-state index contributed by atoms with van der Waals surface area (Å²) in [6, 6.07) is 1.09. The molecule has 17 heavy (non-hydrogen) atoms. The lowest BCUT2D eigenvalue weighted by Crippen LogP contribution is -2.47. The van der Waals surface area contributed by atoms with Crippen molar-refractivity contribution in [2.24, 2.45) is 11.8 Å². The average Bonchev–Trinajstić information content (AvgIpc) is 3.14. The number of hydrogen-bond acceptors (Lipinski definition) is 3. The molecule has 3 heteroatoms. The van der Waals surface area contributed by atoms with Crippen LogP contribution in [0.5, 0.6) is 0 Å². The Morgan fingerprint density at radius 1 is 1.18 bits per heavy atom. The standard InChI is InChI=1S/C14H28N2O/c1-11(10-17)12(2)15-14-5-7-16(8-6-14)9-13-3-4-13/h11-15,17H,3-10H2,1-2H3. The lowest BCUT2D eigenvalue weighted by Gasteiger charge is -2.35. The summed E-state index contributed by atoms with van der Waals surface area (Å²) in [6.45, 7) is 8.45. The lowest BCUT2D eigenvalue weighted by atomic mass is 9.99. The van der Waals surface area contributed by atoms with Gasteiger partial charge in [0.25, 0.3) is 0 Å². The zero-order chi connectivity index (χ0) is 12.3. The fourth-order valence-corrected chi connectivity index (χ4v) is 2.64. The second kappa shape index (κ2) is 6.17. The summed E-state index contributed by atoms with van der Waals surface area (Å²) in [6.07, 6.45) is 5.47. The maximum absolute atomic E-state index is 9.13. The molecule has 2 atom stereocenters. The molecule has 1 heterocycles. The third kappa shape index (κ3) is 4.23. The number of rotatable bonds is 6. The van der Waals surface area contributed by atoms with Crippen molar-refractivity contribution in [3.63, 3.8) is 0 Å². The minimum absolute atomic E-state index is 0.286. The van der Waals surface area contributed by atoms with Gasteiger partial charge in [0.15, 0.2) is 0 Å². The summed E-state index contributed by atoms with van der Waals surface area (Å²) < 4.78 is 0. The van der Waals surface area contributed by atoms with Crippen molar-refractivity contribution in [3.05, 3.63) is 0 Å². The molecule has 1 aliphatic heterocycles. The SMILES string of the molecule is CC(CO)C(C)NC1CCN(CC2CC2)CC1. The summed E-state index contributed by atoms with van der Waals surface area (Å²) in [7, 11) is 0. The zero-order valence-corrected chi connectivity index (χ0v) is 11.4. The van der Waals surface area contributed by atoms with Crippen molar-refractivity contribution in [1.82, 2.24) is 10.2 Å². The third-order valence-corrected chi connectivity index (χ3v) is 4.44. The maximum Gasteiger partial charge on any atom is 0.0471 e. The van der Waals surface area contributed by atoms with Crippen molar-refractivity contribution in [2.75, 3.05) is 26.2 Å². The molecule has 0 bridgehead atoms. The largest absolute Gasteiger partial charge is 0.396 e. The number of nitrogens with one attached hydrogen (secondary N) is 1. The Labute approximate surface area is 106 Å². The van der Waals surface area contributed by atoms with Gasteiger partial charge < -0.3 is 15.3 Å². The van der Waals surface area contributed by atoms with Gasteiger partial charge in [-0.1, -0.05) is 6.92 Å². The van der Waals surface area contributed by atoms with E-state index in [4.69, 9.17) is 5.11 Å². The molecule has 0 spiro atoms. The van der Waals surface area contributed by atoms with Crippen LogP contribution in [0, 0.1) is 11.8 Å². The van der Waals surface area contributed by atoms with Crippen molar-refractivity contribution < 1.29 is 5.11 Å². The molecule has 0 amide bonds. The van der Waals surface area contributed by atoms with Gasteiger partial charge in [0.1, 0.15) is 0 Å². The first-order chi connectivity index (χ1) is 8.19. The number of hydrogen-bond donors (Lipinski definition) is 2. The number of aliphatic hydroxyl groups excluding tert-OH is 1. The number of likely N-dealkylation sites (tertiary alicyclic amines) is 1. The zero-order valence-electron chi connectivity index (χ0n) is 11.4. The van der Waals surface area contributed by atoms with Gasteiger partial charge in [-0.15, -0.1) is 0 Å². The van der Waals surface area contributed by atoms with Crippen molar-refractivity contribution >= 4 is 0 Å². The van der Waals surface area contributed by atoms with E-state index in [1.807, 2.05) is 0 Å². The van der Waals surface area contributed by atoms with Gasteiger partial charge in [-0.25, -0.2) is 0 Å². The molecule has 2 aliphatic rings. The van der Waals surface area contributed by atoms with E-state index in [2.05, 4.69) is 24.1 Å². The first-order valence-electron chi connectivity index (χ1n) is 7.28. The van der Waals surface area contributed by atoms with E-state index in [0.717, 1.165) is 5.92 Å². The molecule has 1 saturated carbocycles. The van der Waals surface area contributed by atoms with Gasteiger partial charge in [-0.3, -0.25) is 0 Å². The normalized spacial score (nSPS) is 27.0. The third-order valence-electron chi connectivity index (χ3n) is 4.44. The van der Waals surface area contributed by atoms with Crippen LogP contribution >= 0.6 is 0 Å². The number of aliphatic hydroxyl groups is 1. The lowest BCUT2D eigenvalue weighted by molar-refractivity contribution is 0.162. The molecule has 2 unspecified atom stereocenters. The van der Waals surface area contributed by atoms with Gasteiger partial charge >= 0.3 is 0 Å². The Hall–Kier alpha value is -0.120. The highest BCUT2D eigenvalue weighted by Gasteiger charge is 2.27. The summed E-state index contributed by atoms with van der Waals surface area (Å²) in [5, 5.41) is 12.8. The quantitative estimate of drug-likeness (QED) is 0.738. The van der Waals surface area contributed by atoms with Gasteiger partial charge in [-0.2, -0.15) is 0 Å². The first kappa shape index (κ1) is 13.3. The molecule has 0 aromatic carbocycles. The van der Waals surface area contributed by atoms with E-state index >= 15 is 0 Å². The van der Waals surface area contributed by atoms with Gasteiger partial charge in [0.2, 0.25) is 0 Å². The van der Waals surface area contributed by atoms with E-state index < -0.39 is 0 Å². The molecule has 100 valence electrons. The van der Waals surface area contributed by atoms with E-state index in [9.17, 15) is 0 Å². The molecule has 2 rings (SSSR count). The van der Waals surface area contributed by atoms with Crippen molar-refractivity contribution in [3.8, 4) is 0 Å². The second-order valence-electron chi connectivity index (χ2n) is 6.13. The van der Waals surface area contributed by atoms with E-state index in [1.165, 1.54) is 45.3 Å². The fraction of sp³-hybridized carbons (Fsp3) is 1.00. The van der Waals surface area contributed by atoms with Crippen LogP contribution in [0.2, 0.25) is 0 Å². The van der Waals surface area contributed by atoms with Crippen molar-refractivity contribution in [1.29, 1.82) is 0 Å². The predicted octanol–water partition coefficient (Wildman–Crippen LogP) is 1.47.